The summed E-state index contributed by atoms with van der Waals surface area (Å²) in [4.78, 5) is 1.01. The van der Waals surface area contributed by atoms with E-state index >= 15 is 0 Å². The quantitative estimate of drug-likeness (QED) is 0.817. The van der Waals surface area contributed by atoms with Gasteiger partial charge in [0.1, 0.15) is 4.21 Å². The van der Waals surface area contributed by atoms with E-state index in [0.29, 0.717) is 16.7 Å². The van der Waals surface area contributed by atoms with Gasteiger partial charge in [0.15, 0.2) is 0 Å². The average molecular weight is 326 g/mol. The highest BCUT2D eigenvalue weighted by Gasteiger charge is 2.16. The largest absolute Gasteiger partial charge is 0.250 e. The van der Waals surface area contributed by atoms with Crippen molar-refractivity contribution in [3.05, 3.63) is 17.0 Å². The highest BCUT2D eigenvalue weighted by Crippen LogP contribution is 2.20. The van der Waals surface area contributed by atoms with Crippen LogP contribution in [0.25, 0.3) is 0 Å². The molecule has 0 spiro atoms. The Morgan fingerprint density at radius 2 is 2.19 bits per heavy atom. The van der Waals surface area contributed by atoms with E-state index in [-0.39, 0.29) is 0 Å². The number of rotatable bonds is 6. The fourth-order valence-corrected chi connectivity index (χ4v) is 4.44. The summed E-state index contributed by atoms with van der Waals surface area (Å²) < 4.78 is 26.7. The van der Waals surface area contributed by atoms with Crippen molar-refractivity contribution in [2.45, 2.75) is 24.5 Å². The maximum Gasteiger partial charge on any atom is 0.250 e. The van der Waals surface area contributed by atoms with Crippen molar-refractivity contribution in [1.29, 1.82) is 0 Å². The summed E-state index contributed by atoms with van der Waals surface area (Å²) in [5.41, 5.74) is 0. The van der Waals surface area contributed by atoms with Crippen molar-refractivity contribution in [2.24, 2.45) is 5.92 Å². The van der Waals surface area contributed by atoms with Crippen molar-refractivity contribution < 1.29 is 8.42 Å². The van der Waals surface area contributed by atoms with Crippen LogP contribution in [0.1, 0.15) is 18.2 Å². The van der Waals surface area contributed by atoms with Crippen molar-refractivity contribution in [3.8, 4) is 0 Å². The molecule has 1 heterocycles. The van der Waals surface area contributed by atoms with Crippen LogP contribution in [0.2, 0.25) is 0 Å². The Morgan fingerprint density at radius 3 is 2.69 bits per heavy atom. The van der Waals surface area contributed by atoms with Gasteiger partial charge in [-0.2, -0.15) is 0 Å². The van der Waals surface area contributed by atoms with Gasteiger partial charge in [0.25, 0.3) is 0 Å². The third-order valence-electron chi connectivity index (χ3n) is 2.20. The molecule has 0 saturated heterocycles. The second kappa shape index (κ2) is 6.14. The van der Waals surface area contributed by atoms with Crippen LogP contribution in [0.3, 0.4) is 0 Å². The van der Waals surface area contributed by atoms with Gasteiger partial charge < -0.3 is 0 Å². The molecule has 1 aromatic rings. The number of sulfonamides is 1. The van der Waals surface area contributed by atoms with Gasteiger partial charge in [-0.25, -0.2) is 13.1 Å². The second-order valence-electron chi connectivity index (χ2n) is 3.80. The summed E-state index contributed by atoms with van der Waals surface area (Å²) in [5, 5.41) is 0.897. The first kappa shape index (κ1) is 14.2. The van der Waals surface area contributed by atoms with E-state index in [4.69, 9.17) is 0 Å². The molecule has 6 heteroatoms. The Kier molecular flexibility index (Phi) is 5.43. The number of alkyl halides is 1. The third-order valence-corrected chi connectivity index (χ3v) is 5.58. The van der Waals surface area contributed by atoms with Crippen LogP contribution in [-0.4, -0.2) is 20.3 Å². The first-order chi connectivity index (χ1) is 7.45. The van der Waals surface area contributed by atoms with Gasteiger partial charge in [-0.1, -0.05) is 22.9 Å². The number of aryl methyl sites for hydroxylation is 1. The molecule has 0 radical (unpaired) electrons. The summed E-state index contributed by atoms with van der Waals surface area (Å²) in [5.74, 6) is 0.343. The van der Waals surface area contributed by atoms with Crippen LogP contribution in [0.5, 0.6) is 0 Å². The average Bonchev–Trinajstić information content (AvgIpc) is 2.63. The summed E-state index contributed by atoms with van der Waals surface area (Å²) in [6.45, 7) is 4.42. The Morgan fingerprint density at radius 1 is 1.50 bits per heavy atom. The number of hydrogen-bond donors (Lipinski definition) is 1. The summed E-state index contributed by atoms with van der Waals surface area (Å²) >= 11 is 4.64. The molecular weight excluding hydrogens is 310 g/mol. The Bertz CT molecular complexity index is 428. The van der Waals surface area contributed by atoms with Gasteiger partial charge in [-0.15, -0.1) is 11.3 Å². The van der Waals surface area contributed by atoms with E-state index < -0.39 is 10.0 Å². The molecule has 0 aromatic carbocycles. The van der Waals surface area contributed by atoms with Crippen LogP contribution in [-0.2, 0) is 10.0 Å². The van der Waals surface area contributed by atoms with Gasteiger partial charge >= 0.3 is 0 Å². The minimum atomic E-state index is -3.30. The standard InChI is InChI=1S/C10H16BrNO2S2/c1-8(5-6-11)7-12-16(13,14)10-4-3-9(2)15-10/h3-4,8,12H,5-7H2,1-2H3. The molecular formula is C10H16BrNO2S2. The first-order valence-corrected chi connectivity index (χ1v) is 8.50. The molecule has 0 fully saturated rings. The molecule has 1 unspecified atom stereocenters. The molecule has 0 aliphatic carbocycles. The maximum absolute atomic E-state index is 11.8. The van der Waals surface area contributed by atoms with Crippen LogP contribution in [0, 0.1) is 12.8 Å². The lowest BCUT2D eigenvalue weighted by atomic mass is 10.1. The van der Waals surface area contributed by atoms with Crippen molar-refractivity contribution in [2.75, 3.05) is 11.9 Å². The van der Waals surface area contributed by atoms with Crippen molar-refractivity contribution in [3.63, 3.8) is 0 Å². The Hall–Kier alpha value is 0.0900. The smallest absolute Gasteiger partial charge is 0.210 e. The number of nitrogens with one attached hydrogen (secondary N) is 1. The zero-order valence-electron chi connectivity index (χ0n) is 9.36. The van der Waals surface area contributed by atoms with Gasteiger partial charge in [0, 0.05) is 16.8 Å². The zero-order chi connectivity index (χ0) is 12.2. The van der Waals surface area contributed by atoms with Crippen molar-refractivity contribution >= 4 is 37.3 Å². The molecule has 0 aliphatic rings. The normalized spacial score (nSPS) is 13.9. The van der Waals surface area contributed by atoms with Gasteiger partial charge in [-0.3, -0.25) is 0 Å². The summed E-state index contributed by atoms with van der Waals surface area (Å²) in [7, 11) is -3.30. The SMILES string of the molecule is Cc1ccc(S(=O)(=O)NCC(C)CCBr)s1. The van der Waals surface area contributed by atoms with E-state index in [9.17, 15) is 8.42 Å². The van der Waals surface area contributed by atoms with Crippen molar-refractivity contribution in [1.82, 2.24) is 4.72 Å². The third kappa shape index (κ3) is 4.16. The maximum atomic E-state index is 11.8. The van der Waals surface area contributed by atoms with Crippen LogP contribution >= 0.6 is 27.3 Å². The van der Waals surface area contributed by atoms with E-state index in [1.807, 2.05) is 19.9 Å². The Balaban J connectivity index is 2.59. The molecule has 3 nitrogen and oxygen atoms in total. The fraction of sp³-hybridized carbons (Fsp3) is 0.600. The lowest BCUT2D eigenvalue weighted by molar-refractivity contribution is 0.533. The van der Waals surface area contributed by atoms with Gasteiger partial charge in [-0.05, 0) is 31.4 Å². The zero-order valence-corrected chi connectivity index (χ0v) is 12.6. The molecule has 1 atom stereocenters. The Labute approximate surface area is 109 Å². The predicted octanol–water partition coefficient (Wildman–Crippen LogP) is 2.76. The molecule has 16 heavy (non-hydrogen) atoms. The number of hydrogen-bond acceptors (Lipinski definition) is 3. The van der Waals surface area contributed by atoms with Gasteiger partial charge in [0.2, 0.25) is 10.0 Å². The monoisotopic (exact) mass is 325 g/mol. The lowest BCUT2D eigenvalue weighted by Gasteiger charge is -2.10. The molecule has 92 valence electrons. The van der Waals surface area contributed by atoms with E-state index in [2.05, 4.69) is 20.7 Å². The minimum absolute atomic E-state index is 0.343. The second-order valence-corrected chi connectivity index (χ2v) is 7.87. The van der Waals surface area contributed by atoms with E-state index in [1.165, 1.54) is 11.3 Å². The van der Waals surface area contributed by atoms with Crippen LogP contribution in [0.4, 0.5) is 0 Å². The van der Waals surface area contributed by atoms with E-state index in [0.717, 1.165) is 16.6 Å². The van der Waals surface area contributed by atoms with Crippen LogP contribution in [0.15, 0.2) is 16.3 Å². The lowest BCUT2D eigenvalue weighted by Crippen LogP contribution is -2.28. The molecule has 1 N–H and O–H groups in total. The molecule has 0 amide bonds. The fourth-order valence-electron chi connectivity index (χ4n) is 1.17. The highest BCUT2D eigenvalue weighted by atomic mass is 79.9. The molecule has 1 aromatic heterocycles. The molecule has 1 rings (SSSR count). The first-order valence-electron chi connectivity index (χ1n) is 5.08. The molecule has 0 bridgehead atoms. The van der Waals surface area contributed by atoms with E-state index in [1.54, 1.807) is 6.07 Å². The number of halogens is 1. The number of thiophene rings is 1. The topological polar surface area (TPSA) is 46.2 Å². The van der Waals surface area contributed by atoms with Gasteiger partial charge in [0.05, 0.1) is 0 Å². The highest BCUT2D eigenvalue weighted by molar-refractivity contribution is 9.09. The predicted molar refractivity (Wildman–Crippen MR) is 71.8 cm³/mol. The molecule has 0 aliphatic heterocycles. The minimum Gasteiger partial charge on any atom is -0.210 e. The molecule has 0 saturated carbocycles. The van der Waals surface area contributed by atoms with Crippen LogP contribution < -0.4 is 4.72 Å². The summed E-state index contributed by atoms with van der Waals surface area (Å²) in [6.07, 6.45) is 0.964. The summed E-state index contributed by atoms with van der Waals surface area (Å²) in [6, 6.07) is 3.47.